The zero-order chi connectivity index (χ0) is 14.3. The molecule has 0 aliphatic rings. The highest BCUT2D eigenvalue weighted by atomic mass is 79.9. The average Bonchev–Trinajstić information content (AvgIpc) is 2.71. The molecule has 0 aliphatic heterocycles. The van der Waals surface area contributed by atoms with Crippen LogP contribution in [0.2, 0.25) is 0 Å². The molecule has 0 saturated carbocycles. The second-order valence-corrected chi connectivity index (χ2v) is 5.27. The monoisotopic (exact) mass is 326 g/mol. The Kier molecular flexibility index (Phi) is 3.49. The van der Waals surface area contributed by atoms with Crippen LogP contribution < -0.4 is 0 Å². The quantitative estimate of drug-likeness (QED) is 0.936. The fourth-order valence-electron chi connectivity index (χ4n) is 2.15. The van der Waals surface area contributed by atoms with E-state index in [2.05, 4.69) is 26.1 Å². The molecule has 0 aliphatic carbocycles. The topological polar surface area (TPSA) is 72.9 Å². The summed E-state index contributed by atoms with van der Waals surface area (Å²) in [4.78, 5) is 11.2. The molecule has 7 heteroatoms. The van der Waals surface area contributed by atoms with Gasteiger partial charge >= 0.3 is 5.97 Å². The van der Waals surface area contributed by atoms with E-state index in [1.54, 1.807) is 23.2 Å². The maximum Gasteiger partial charge on any atom is 0.339 e. The smallest absolute Gasteiger partial charge is 0.339 e. The lowest BCUT2D eigenvalue weighted by molar-refractivity contribution is 0.0695. The lowest BCUT2D eigenvalue weighted by Crippen LogP contribution is -2.09. The van der Waals surface area contributed by atoms with E-state index >= 15 is 0 Å². The Morgan fingerprint density at radius 3 is 2.32 bits per heavy atom. The lowest BCUT2D eigenvalue weighted by Gasteiger charge is -2.06. The average molecular weight is 327 g/mol. The number of hydrogen-bond acceptors (Lipinski definition) is 3. The summed E-state index contributed by atoms with van der Waals surface area (Å²) in [6, 6.07) is 0. The number of aromatic nitrogens is 4. The van der Waals surface area contributed by atoms with E-state index in [-0.39, 0.29) is 5.56 Å². The van der Waals surface area contributed by atoms with Gasteiger partial charge in [0.25, 0.3) is 0 Å². The van der Waals surface area contributed by atoms with E-state index in [0.717, 1.165) is 15.9 Å². The van der Waals surface area contributed by atoms with E-state index in [1.165, 1.54) is 0 Å². The van der Waals surface area contributed by atoms with Crippen molar-refractivity contribution >= 4 is 21.9 Å². The van der Waals surface area contributed by atoms with Crippen LogP contribution in [-0.2, 0) is 13.6 Å². The minimum atomic E-state index is -0.943. The standard InChI is InChI=1S/C12H15BrN4O2/c1-6-10(12(18)19)8(3)17(15-6)5-9-11(13)7(2)14-16(9)4/h5H2,1-4H3,(H,18,19). The van der Waals surface area contributed by atoms with Gasteiger partial charge in [-0.3, -0.25) is 9.36 Å². The van der Waals surface area contributed by atoms with Crippen molar-refractivity contribution in [2.24, 2.45) is 7.05 Å². The van der Waals surface area contributed by atoms with Crippen LogP contribution in [0.1, 0.15) is 33.1 Å². The first-order chi connectivity index (χ1) is 8.82. The van der Waals surface area contributed by atoms with Crippen molar-refractivity contribution in [2.75, 3.05) is 0 Å². The summed E-state index contributed by atoms with van der Waals surface area (Å²) >= 11 is 3.50. The third-order valence-corrected chi connectivity index (χ3v) is 4.19. The minimum Gasteiger partial charge on any atom is -0.478 e. The lowest BCUT2D eigenvalue weighted by atomic mass is 10.2. The van der Waals surface area contributed by atoms with Crippen molar-refractivity contribution in [1.29, 1.82) is 0 Å². The molecule has 0 amide bonds. The number of carbonyl (C=O) groups is 1. The summed E-state index contributed by atoms with van der Waals surface area (Å²) in [7, 11) is 1.86. The van der Waals surface area contributed by atoms with Crippen LogP contribution in [-0.4, -0.2) is 30.6 Å². The van der Waals surface area contributed by atoms with Gasteiger partial charge in [0.1, 0.15) is 5.56 Å². The summed E-state index contributed by atoms with van der Waals surface area (Å²) in [6.45, 7) is 5.87. The third kappa shape index (κ3) is 2.30. The van der Waals surface area contributed by atoms with Crippen molar-refractivity contribution in [2.45, 2.75) is 27.3 Å². The normalized spacial score (nSPS) is 11.0. The molecule has 2 aromatic rings. The Balaban J connectivity index is 2.45. The predicted octanol–water partition coefficient (Wildman–Crippen LogP) is 2.05. The first kappa shape index (κ1) is 13.8. The molecule has 6 nitrogen and oxygen atoms in total. The predicted molar refractivity (Wildman–Crippen MR) is 73.4 cm³/mol. The molecule has 2 heterocycles. The molecule has 0 fully saturated rings. The molecule has 0 radical (unpaired) electrons. The van der Waals surface area contributed by atoms with Crippen LogP contribution >= 0.6 is 15.9 Å². The maximum atomic E-state index is 11.2. The highest BCUT2D eigenvalue weighted by Crippen LogP contribution is 2.22. The summed E-state index contributed by atoms with van der Waals surface area (Å²) < 4.78 is 4.40. The van der Waals surface area contributed by atoms with Gasteiger partial charge in [0.15, 0.2) is 0 Å². The molecular weight excluding hydrogens is 312 g/mol. The number of halogens is 1. The fraction of sp³-hybridized carbons (Fsp3) is 0.417. The van der Waals surface area contributed by atoms with Gasteiger partial charge in [0.05, 0.1) is 33.8 Å². The molecule has 0 aromatic carbocycles. The summed E-state index contributed by atoms with van der Waals surface area (Å²) in [5.41, 5.74) is 3.31. The van der Waals surface area contributed by atoms with Crippen LogP contribution in [0.15, 0.2) is 4.47 Å². The molecular formula is C12H15BrN4O2. The molecule has 0 spiro atoms. The van der Waals surface area contributed by atoms with Crippen LogP contribution in [0.5, 0.6) is 0 Å². The van der Waals surface area contributed by atoms with E-state index in [0.29, 0.717) is 17.9 Å². The number of rotatable bonds is 3. The Morgan fingerprint density at radius 2 is 1.89 bits per heavy atom. The van der Waals surface area contributed by atoms with Gasteiger partial charge < -0.3 is 5.11 Å². The molecule has 102 valence electrons. The maximum absolute atomic E-state index is 11.2. The van der Waals surface area contributed by atoms with E-state index in [9.17, 15) is 4.79 Å². The Bertz CT molecular complexity index is 657. The molecule has 0 unspecified atom stereocenters. The number of hydrogen-bond donors (Lipinski definition) is 1. The van der Waals surface area contributed by atoms with Gasteiger partial charge in [-0.2, -0.15) is 10.2 Å². The fourth-order valence-corrected chi connectivity index (χ4v) is 2.62. The molecule has 0 saturated heterocycles. The van der Waals surface area contributed by atoms with Crippen molar-refractivity contribution in [3.05, 3.63) is 32.8 Å². The highest BCUT2D eigenvalue weighted by molar-refractivity contribution is 9.10. The van der Waals surface area contributed by atoms with Crippen LogP contribution in [0, 0.1) is 20.8 Å². The number of aryl methyl sites for hydroxylation is 3. The number of nitrogens with zero attached hydrogens (tertiary/aromatic N) is 4. The molecule has 0 bridgehead atoms. The van der Waals surface area contributed by atoms with Crippen molar-refractivity contribution in [1.82, 2.24) is 19.6 Å². The number of carboxylic acids is 1. The number of carboxylic acid groups (broad SMARTS) is 1. The van der Waals surface area contributed by atoms with Crippen LogP contribution in [0.25, 0.3) is 0 Å². The van der Waals surface area contributed by atoms with Gasteiger partial charge in [-0.05, 0) is 36.7 Å². The molecule has 0 atom stereocenters. The van der Waals surface area contributed by atoms with E-state index < -0.39 is 5.97 Å². The van der Waals surface area contributed by atoms with Gasteiger partial charge in [-0.15, -0.1) is 0 Å². The van der Waals surface area contributed by atoms with Crippen molar-refractivity contribution in [3.63, 3.8) is 0 Å². The molecule has 2 aromatic heterocycles. The second-order valence-electron chi connectivity index (χ2n) is 4.48. The molecule has 2 rings (SSSR count). The highest BCUT2D eigenvalue weighted by Gasteiger charge is 2.19. The first-order valence-corrected chi connectivity index (χ1v) is 6.57. The van der Waals surface area contributed by atoms with E-state index in [4.69, 9.17) is 5.11 Å². The Hall–Kier alpha value is -1.63. The number of aromatic carboxylic acids is 1. The van der Waals surface area contributed by atoms with E-state index in [1.807, 2.05) is 14.0 Å². The Morgan fingerprint density at radius 1 is 1.26 bits per heavy atom. The van der Waals surface area contributed by atoms with Gasteiger partial charge in [0, 0.05) is 7.05 Å². The van der Waals surface area contributed by atoms with Crippen LogP contribution in [0.3, 0.4) is 0 Å². The van der Waals surface area contributed by atoms with Crippen LogP contribution in [0.4, 0.5) is 0 Å². The second kappa shape index (κ2) is 4.80. The summed E-state index contributed by atoms with van der Waals surface area (Å²) in [5.74, 6) is -0.943. The minimum absolute atomic E-state index is 0.273. The van der Waals surface area contributed by atoms with Crippen molar-refractivity contribution in [3.8, 4) is 0 Å². The zero-order valence-electron chi connectivity index (χ0n) is 11.2. The summed E-state index contributed by atoms with van der Waals surface area (Å²) in [5, 5.41) is 17.8. The van der Waals surface area contributed by atoms with Gasteiger partial charge in [0.2, 0.25) is 0 Å². The Labute approximate surface area is 119 Å². The molecule has 1 N–H and O–H groups in total. The molecule has 19 heavy (non-hydrogen) atoms. The largest absolute Gasteiger partial charge is 0.478 e. The first-order valence-electron chi connectivity index (χ1n) is 5.78. The summed E-state index contributed by atoms with van der Waals surface area (Å²) in [6.07, 6.45) is 0. The van der Waals surface area contributed by atoms with Crippen molar-refractivity contribution < 1.29 is 9.90 Å². The third-order valence-electron chi connectivity index (χ3n) is 3.16. The SMILES string of the molecule is Cc1nn(C)c(Cn2nc(C)c(C(=O)O)c2C)c1Br. The van der Waals surface area contributed by atoms with Gasteiger partial charge in [-0.1, -0.05) is 0 Å². The zero-order valence-corrected chi connectivity index (χ0v) is 12.8. The van der Waals surface area contributed by atoms with Gasteiger partial charge in [-0.25, -0.2) is 4.79 Å².